The second-order valence-electron chi connectivity index (χ2n) is 8.61. The summed E-state index contributed by atoms with van der Waals surface area (Å²) in [7, 11) is 0. The van der Waals surface area contributed by atoms with Gasteiger partial charge in [-0.05, 0) is 56.2 Å². The number of imidazole rings is 1. The summed E-state index contributed by atoms with van der Waals surface area (Å²) in [4.78, 5) is 31.1. The zero-order chi connectivity index (χ0) is 22.0. The van der Waals surface area contributed by atoms with Crippen LogP contribution in [-0.2, 0) is 10.2 Å². The second kappa shape index (κ2) is 6.46. The predicted octanol–water partition coefficient (Wildman–Crippen LogP) is 4.21. The number of carbonyl (C=O) groups excluding carboxylic acids is 1. The van der Waals surface area contributed by atoms with Crippen LogP contribution in [0.5, 0.6) is 0 Å². The molecule has 0 saturated carbocycles. The molecule has 1 aliphatic heterocycles. The van der Waals surface area contributed by atoms with Crippen LogP contribution >= 0.6 is 0 Å². The van der Waals surface area contributed by atoms with Crippen molar-refractivity contribution in [2.24, 2.45) is 0 Å². The third-order valence-electron chi connectivity index (χ3n) is 6.34. The molecule has 8 heteroatoms. The fourth-order valence-corrected chi connectivity index (χ4v) is 4.59. The number of H-pyrrole nitrogens is 2. The number of nitrogens with one attached hydrogen (secondary N) is 2. The van der Waals surface area contributed by atoms with E-state index in [1.807, 2.05) is 56.0 Å². The first kappa shape index (κ1) is 18.7. The van der Waals surface area contributed by atoms with E-state index in [0.29, 0.717) is 12.4 Å². The Morgan fingerprint density at radius 2 is 1.84 bits per heavy atom. The number of hydrogen-bond acceptors (Lipinski definition) is 5. The minimum Gasteiger partial charge on any atom is -0.337 e. The van der Waals surface area contributed by atoms with E-state index in [0.717, 1.165) is 50.0 Å². The van der Waals surface area contributed by atoms with Gasteiger partial charge >= 0.3 is 0 Å². The molecule has 8 nitrogen and oxygen atoms in total. The fraction of sp³-hybridized carbons (Fsp3) is 0.208. The van der Waals surface area contributed by atoms with Gasteiger partial charge in [0.2, 0.25) is 5.91 Å². The number of carbonyl (C=O) groups is 1. The van der Waals surface area contributed by atoms with E-state index in [4.69, 9.17) is 4.98 Å². The van der Waals surface area contributed by atoms with Crippen molar-refractivity contribution >= 4 is 33.5 Å². The number of anilines is 1. The highest BCUT2D eigenvalue weighted by Gasteiger charge is 2.43. The molecular weight excluding hydrogens is 402 g/mol. The number of likely N-dealkylation sites (N-methyl/N-ethyl adjacent to an activating group) is 1. The number of aromatic amines is 2. The molecule has 0 spiro atoms. The quantitative estimate of drug-likeness (QED) is 0.452. The highest BCUT2D eigenvalue weighted by Crippen LogP contribution is 2.43. The van der Waals surface area contributed by atoms with Gasteiger partial charge in [0.15, 0.2) is 5.82 Å². The van der Waals surface area contributed by atoms with Crippen molar-refractivity contribution < 1.29 is 4.79 Å². The Balaban J connectivity index is 1.46. The van der Waals surface area contributed by atoms with Crippen LogP contribution in [0, 0.1) is 0 Å². The summed E-state index contributed by atoms with van der Waals surface area (Å²) in [6, 6.07) is 10.2. The van der Waals surface area contributed by atoms with Gasteiger partial charge < -0.3 is 9.88 Å². The van der Waals surface area contributed by atoms with E-state index in [2.05, 4.69) is 25.1 Å². The van der Waals surface area contributed by atoms with Crippen molar-refractivity contribution in [1.82, 2.24) is 30.1 Å². The number of amides is 1. The van der Waals surface area contributed by atoms with Gasteiger partial charge in [-0.15, -0.1) is 0 Å². The van der Waals surface area contributed by atoms with Gasteiger partial charge in [-0.25, -0.2) is 15.0 Å². The van der Waals surface area contributed by atoms with Crippen molar-refractivity contribution in [1.29, 1.82) is 0 Å². The number of aromatic nitrogens is 6. The Hall–Kier alpha value is -4.07. The molecule has 6 rings (SSSR count). The monoisotopic (exact) mass is 423 g/mol. The molecule has 5 aromatic rings. The molecule has 2 N–H and O–H groups in total. The maximum absolute atomic E-state index is 12.8. The van der Waals surface area contributed by atoms with Crippen LogP contribution in [0.25, 0.3) is 44.6 Å². The first-order valence-electron chi connectivity index (χ1n) is 10.6. The van der Waals surface area contributed by atoms with Crippen molar-refractivity contribution in [2.75, 3.05) is 11.4 Å². The molecule has 0 radical (unpaired) electrons. The molecule has 32 heavy (non-hydrogen) atoms. The molecule has 4 heterocycles. The number of hydrogen-bond donors (Lipinski definition) is 2. The van der Waals surface area contributed by atoms with Crippen LogP contribution in [0.15, 0.2) is 49.1 Å². The van der Waals surface area contributed by atoms with Crippen molar-refractivity contribution in [2.45, 2.75) is 26.2 Å². The van der Waals surface area contributed by atoms with E-state index in [-0.39, 0.29) is 5.91 Å². The minimum absolute atomic E-state index is 0.126. The van der Waals surface area contributed by atoms with E-state index in [1.54, 1.807) is 12.4 Å². The lowest BCUT2D eigenvalue weighted by molar-refractivity contribution is -0.122. The largest absolute Gasteiger partial charge is 0.337 e. The minimum atomic E-state index is -0.560. The normalized spacial score (nSPS) is 15.1. The number of fused-ring (bicyclic) bond motifs is 3. The molecular formula is C24H21N7O. The number of benzene rings is 2. The predicted molar refractivity (Wildman–Crippen MR) is 123 cm³/mol. The first-order chi connectivity index (χ1) is 15.5. The summed E-state index contributed by atoms with van der Waals surface area (Å²) in [6.07, 6.45) is 5.09. The summed E-state index contributed by atoms with van der Waals surface area (Å²) < 4.78 is 0. The Labute approximate surface area is 183 Å². The van der Waals surface area contributed by atoms with E-state index < -0.39 is 5.41 Å². The zero-order valence-corrected chi connectivity index (χ0v) is 18.0. The average Bonchev–Trinajstić information content (AvgIpc) is 3.46. The van der Waals surface area contributed by atoms with E-state index >= 15 is 0 Å². The summed E-state index contributed by atoms with van der Waals surface area (Å²) in [5.74, 6) is 0.818. The van der Waals surface area contributed by atoms with Crippen LogP contribution < -0.4 is 4.90 Å². The summed E-state index contributed by atoms with van der Waals surface area (Å²) in [5.41, 5.74) is 6.74. The van der Waals surface area contributed by atoms with Crippen LogP contribution in [0.1, 0.15) is 26.3 Å². The van der Waals surface area contributed by atoms with Crippen molar-refractivity contribution in [3.05, 3.63) is 54.6 Å². The smallest absolute Gasteiger partial charge is 0.237 e. The molecule has 0 atom stereocenters. The highest BCUT2D eigenvalue weighted by molar-refractivity contribution is 6.09. The summed E-state index contributed by atoms with van der Waals surface area (Å²) in [5, 5.41) is 8.62. The van der Waals surface area contributed by atoms with Crippen LogP contribution in [0.3, 0.4) is 0 Å². The average molecular weight is 423 g/mol. The molecule has 0 bridgehead atoms. The third kappa shape index (κ3) is 2.52. The summed E-state index contributed by atoms with van der Waals surface area (Å²) in [6.45, 7) is 6.58. The number of rotatable bonds is 3. The highest BCUT2D eigenvalue weighted by atomic mass is 16.2. The molecule has 0 saturated heterocycles. The van der Waals surface area contributed by atoms with Crippen molar-refractivity contribution in [3.63, 3.8) is 0 Å². The molecule has 0 unspecified atom stereocenters. The van der Waals surface area contributed by atoms with Crippen LogP contribution in [-0.4, -0.2) is 42.6 Å². The summed E-state index contributed by atoms with van der Waals surface area (Å²) >= 11 is 0. The van der Waals surface area contributed by atoms with Gasteiger partial charge in [0.25, 0.3) is 0 Å². The third-order valence-corrected chi connectivity index (χ3v) is 6.34. The second-order valence-corrected chi connectivity index (χ2v) is 8.61. The van der Waals surface area contributed by atoms with Crippen LogP contribution in [0.4, 0.5) is 5.69 Å². The van der Waals surface area contributed by atoms with Gasteiger partial charge in [0, 0.05) is 29.9 Å². The van der Waals surface area contributed by atoms with E-state index in [9.17, 15) is 4.79 Å². The maximum atomic E-state index is 12.8. The molecule has 3 aromatic heterocycles. The molecule has 1 amide bonds. The topological polar surface area (TPSA) is 103 Å². The van der Waals surface area contributed by atoms with Crippen molar-refractivity contribution in [3.8, 4) is 22.6 Å². The Morgan fingerprint density at radius 3 is 2.62 bits per heavy atom. The molecule has 0 aliphatic carbocycles. The lowest BCUT2D eigenvalue weighted by Crippen LogP contribution is -2.35. The first-order valence-corrected chi connectivity index (χ1v) is 10.6. The fourth-order valence-electron chi connectivity index (χ4n) is 4.59. The van der Waals surface area contributed by atoms with Gasteiger partial charge in [-0.1, -0.05) is 6.07 Å². The SMILES string of the molecule is CCN1C(=O)C(C)(C)c2cc3nc(-c4n[nH]c5cc(-c6cncnc6)ccc45)[nH]c3cc21. The standard InChI is InChI=1S/C24H21N7O/c1-4-31-20-9-19-18(8-16(20)24(2,3)23(31)32)27-22(28-19)21-15-6-5-13(7-17(15)29-30-21)14-10-25-12-26-11-14/h5-12H,4H2,1-3H3,(H,27,28)(H,29,30). The Morgan fingerprint density at radius 1 is 1.03 bits per heavy atom. The van der Waals surface area contributed by atoms with E-state index in [1.165, 1.54) is 6.33 Å². The van der Waals surface area contributed by atoms with Gasteiger partial charge in [0.05, 0.1) is 27.7 Å². The molecule has 0 fully saturated rings. The van der Waals surface area contributed by atoms with Gasteiger partial charge in [-0.3, -0.25) is 9.89 Å². The lowest BCUT2D eigenvalue weighted by Gasteiger charge is -2.18. The molecule has 1 aliphatic rings. The Kier molecular flexibility index (Phi) is 3.77. The van der Waals surface area contributed by atoms with Gasteiger partial charge in [0.1, 0.15) is 12.0 Å². The van der Waals surface area contributed by atoms with Gasteiger partial charge in [-0.2, -0.15) is 5.10 Å². The zero-order valence-electron chi connectivity index (χ0n) is 18.0. The molecule has 158 valence electrons. The molecule has 2 aromatic carbocycles. The van der Waals surface area contributed by atoms with Crippen LogP contribution in [0.2, 0.25) is 0 Å². The maximum Gasteiger partial charge on any atom is 0.237 e. The lowest BCUT2D eigenvalue weighted by atomic mass is 9.86. The number of nitrogens with zero attached hydrogens (tertiary/aromatic N) is 5. The Bertz CT molecular complexity index is 1510.